The molecule has 9 heteroatoms. The third kappa shape index (κ3) is 6.38. The van der Waals surface area contributed by atoms with E-state index < -0.39 is 34.6 Å². The first kappa shape index (κ1) is 28.0. The summed E-state index contributed by atoms with van der Waals surface area (Å²) in [5, 5.41) is 16.6. The maximum Gasteiger partial charge on any atom is 0.256 e. The fourth-order valence-electron chi connectivity index (χ4n) is 4.60. The van der Waals surface area contributed by atoms with Crippen molar-refractivity contribution in [3.8, 4) is 0 Å². The fourth-order valence-corrected chi connectivity index (χ4v) is 4.60. The van der Waals surface area contributed by atoms with Crippen molar-refractivity contribution in [3.05, 3.63) is 58.9 Å². The molecule has 0 aliphatic carbocycles. The third-order valence-corrected chi connectivity index (χ3v) is 6.61. The van der Waals surface area contributed by atoms with Crippen molar-refractivity contribution in [2.45, 2.75) is 58.7 Å². The van der Waals surface area contributed by atoms with Gasteiger partial charge in [-0.25, -0.2) is 13.2 Å². The Morgan fingerprint density at radius 1 is 1.08 bits per heavy atom. The van der Waals surface area contributed by atoms with Crippen LogP contribution in [0.5, 0.6) is 0 Å². The number of nitrogens with one attached hydrogen (secondary N) is 2. The molecule has 2 aromatic rings. The van der Waals surface area contributed by atoms with E-state index in [1.807, 2.05) is 6.92 Å². The molecule has 1 aliphatic heterocycles. The van der Waals surface area contributed by atoms with E-state index >= 15 is 0 Å². The number of likely N-dealkylation sites (tertiary alicyclic amines) is 1. The second kappa shape index (κ2) is 11.6. The minimum Gasteiger partial charge on any atom is -0.385 e. The first-order valence-corrected chi connectivity index (χ1v) is 12.5. The van der Waals surface area contributed by atoms with Gasteiger partial charge in [-0.2, -0.15) is 0 Å². The number of aryl methyl sites for hydroxylation is 1. The van der Waals surface area contributed by atoms with Crippen LogP contribution in [-0.2, 0) is 6.42 Å². The molecular weight excluding hydrogens is 469 g/mol. The van der Waals surface area contributed by atoms with Crippen LogP contribution >= 0.6 is 0 Å². The van der Waals surface area contributed by atoms with Gasteiger partial charge < -0.3 is 20.6 Å². The Balaban J connectivity index is 1.65. The van der Waals surface area contributed by atoms with Gasteiger partial charge in [-0.1, -0.05) is 13.0 Å². The number of hydrogen-bond donors (Lipinski definition) is 3. The minimum absolute atomic E-state index is 0.0505. The van der Waals surface area contributed by atoms with E-state index in [4.69, 9.17) is 0 Å². The summed E-state index contributed by atoms with van der Waals surface area (Å²) < 4.78 is 43.2. The van der Waals surface area contributed by atoms with E-state index in [9.17, 15) is 23.1 Å². The van der Waals surface area contributed by atoms with Gasteiger partial charge in [0.05, 0.1) is 30.0 Å². The highest BCUT2D eigenvalue weighted by atomic mass is 19.2. The van der Waals surface area contributed by atoms with Crippen molar-refractivity contribution in [2.24, 2.45) is 0 Å². The molecule has 36 heavy (non-hydrogen) atoms. The molecule has 1 saturated heterocycles. The lowest BCUT2D eigenvalue weighted by Gasteiger charge is -2.46. The van der Waals surface area contributed by atoms with E-state index in [1.54, 1.807) is 6.07 Å². The van der Waals surface area contributed by atoms with Gasteiger partial charge in [0.2, 0.25) is 0 Å². The quantitative estimate of drug-likeness (QED) is 0.397. The number of amides is 1. The summed E-state index contributed by atoms with van der Waals surface area (Å²) >= 11 is 0. The lowest BCUT2D eigenvalue weighted by atomic mass is 9.92. The van der Waals surface area contributed by atoms with E-state index in [0.717, 1.165) is 18.2 Å². The molecule has 0 aromatic heterocycles. The average molecular weight is 507 g/mol. The maximum absolute atomic E-state index is 14.7. The van der Waals surface area contributed by atoms with Crippen molar-refractivity contribution in [3.63, 3.8) is 0 Å². The van der Waals surface area contributed by atoms with Crippen LogP contribution in [0.4, 0.5) is 24.5 Å². The highest BCUT2D eigenvalue weighted by Gasteiger charge is 2.44. The molecule has 0 bridgehead atoms. The second-order valence-electron chi connectivity index (χ2n) is 10.1. The average Bonchev–Trinajstić information content (AvgIpc) is 2.80. The maximum atomic E-state index is 14.7. The Kier molecular flexibility index (Phi) is 9.03. The topological polar surface area (TPSA) is 67.8 Å². The number of carbonyl (C=O) groups excluding carboxylic acids is 1. The van der Waals surface area contributed by atoms with Crippen LogP contribution in [-0.4, -0.2) is 71.2 Å². The van der Waals surface area contributed by atoms with Gasteiger partial charge in [-0.3, -0.25) is 9.69 Å². The second-order valence-corrected chi connectivity index (χ2v) is 10.1. The zero-order valence-electron chi connectivity index (χ0n) is 21.7. The molecule has 3 rings (SSSR count). The number of nitrogens with zero attached hydrogens (tertiary/aromatic N) is 2. The normalized spacial score (nSPS) is 15.1. The Hall–Kier alpha value is -2.62. The number of aliphatic hydroxyl groups is 1. The summed E-state index contributed by atoms with van der Waals surface area (Å²) in [6, 6.07) is 7.27. The molecule has 0 spiro atoms. The first-order valence-electron chi connectivity index (χ1n) is 12.5. The smallest absolute Gasteiger partial charge is 0.256 e. The lowest BCUT2D eigenvalue weighted by molar-refractivity contribution is -0.0786. The lowest BCUT2D eigenvalue weighted by Crippen LogP contribution is -2.67. The molecule has 0 unspecified atom stereocenters. The number of rotatable bonds is 11. The Labute approximate surface area is 211 Å². The van der Waals surface area contributed by atoms with Crippen molar-refractivity contribution >= 4 is 17.3 Å². The van der Waals surface area contributed by atoms with Gasteiger partial charge in [0, 0.05) is 31.7 Å². The standard InChI is InChI=1S/C27H37F3N4O2/c1-6-19-7-10-23(22(29)13-19)32-25-20(8-9-21(28)24(25)30)26(35)33-15-27(36,16-33)14-31-11-12-34(17(2)3)18(4)5/h7-10,13,17-18,31-32,36H,6,11-12,14-16H2,1-5H3. The molecule has 6 nitrogen and oxygen atoms in total. The molecule has 1 amide bonds. The predicted molar refractivity (Wildman–Crippen MR) is 136 cm³/mol. The van der Waals surface area contributed by atoms with Gasteiger partial charge in [0.25, 0.3) is 5.91 Å². The van der Waals surface area contributed by atoms with Crippen LogP contribution in [0.2, 0.25) is 0 Å². The van der Waals surface area contributed by atoms with Crippen LogP contribution in [0.25, 0.3) is 0 Å². The van der Waals surface area contributed by atoms with Gasteiger partial charge in [-0.05, 0) is 63.9 Å². The van der Waals surface area contributed by atoms with Crippen LogP contribution < -0.4 is 10.6 Å². The zero-order valence-corrected chi connectivity index (χ0v) is 21.7. The van der Waals surface area contributed by atoms with E-state index in [2.05, 4.69) is 43.2 Å². The monoisotopic (exact) mass is 506 g/mol. The molecule has 2 aromatic carbocycles. The summed E-state index contributed by atoms with van der Waals surface area (Å²) in [5.74, 6) is -3.62. The molecular formula is C27H37F3N4O2. The van der Waals surface area contributed by atoms with Crippen molar-refractivity contribution < 1.29 is 23.1 Å². The molecule has 0 radical (unpaired) electrons. The van der Waals surface area contributed by atoms with Crippen molar-refractivity contribution in [1.82, 2.24) is 15.1 Å². The largest absolute Gasteiger partial charge is 0.385 e. The number of β-amino-alcohol motifs (C(OH)–C–C–N with tert-alkyl or cyclic N) is 1. The molecule has 1 heterocycles. The predicted octanol–water partition coefficient (Wildman–Crippen LogP) is 4.31. The van der Waals surface area contributed by atoms with E-state index in [1.165, 1.54) is 23.1 Å². The summed E-state index contributed by atoms with van der Waals surface area (Å²) in [4.78, 5) is 16.8. The third-order valence-electron chi connectivity index (χ3n) is 6.61. The minimum atomic E-state index is -1.27. The molecule has 3 N–H and O–H groups in total. The van der Waals surface area contributed by atoms with Crippen LogP contribution in [0.1, 0.15) is 50.5 Å². The van der Waals surface area contributed by atoms with Crippen molar-refractivity contribution in [2.75, 3.05) is 38.0 Å². The first-order chi connectivity index (χ1) is 17.0. The van der Waals surface area contributed by atoms with Gasteiger partial charge in [-0.15, -0.1) is 0 Å². The molecule has 1 fully saturated rings. The number of hydrogen-bond acceptors (Lipinski definition) is 5. The molecule has 0 atom stereocenters. The highest BCUT2D eigenvalue weighted by Crippen LogP contribution is 2.31. The summed E-state index contributed by atoms with van der Waals surface area (Å²) in [6.07, 6.45) is 0.621. The Morgan fingerprint density at radius 3 is 2.33 bits per heavy atom. The van der Waals surface area contributed by atoms with E-state index in [0.29, 0.717) is 31.6 Å². The SMILES string of the molecule is CCc1ccc(Nc2c(C(=O)N3CC(O)(CNCCN(C(C)C)C(C)C)C3)ccc(F)c2F)c(F)c1. The van der Waals surface area contributed by atoms with E-state index in [-0.39, 0.29) is 24.3 Å². The Bertz CT molecular complexity index is 1060. The highest BCUT2D eigenvalue weighted by molar-refractivity contribution is 6.01. The summed E-state index contributed by atoms with van der Waals surface area (Å²) in [5.41, 5.74) is -0.980. The Morgan fingerprint density at radius 2 is 1.75 bits per heavy atom. The zero-order chi connectivity index (χ0) is 26.6. The number of anilines is 2. The molecule has 1 aliphatic rings. The molecule has 198 valence electrons. The number of carbonyl (C=O) groups is 1. The summed E-state index contributed by atoms with van der Waals surface area (Å²) in [7, 11) is 0. The summed E-state index contributed by atoms with van der Waals surface area (Å²) in [6.45, 7) is 12.3. The number of benzene rings is 2. The molecule has 0 saturated carbocycles. The van der Waals surface area contributed by atoms with Gasteiger partial charge in [0.15, 0.2) is 11.6 Å². The van der Waals surface area contributed by atoms with Crippen LogP contribution in [0.3, 0.4) is 0 Å². The van der Waals surface area contributed by atoms with Gasteiger partial charge >= 0.3 is 0 Å². The van der Waals surface area contributed by atoms with Crippen molar-refractivity contribution in [1.29, 1.82) is 0 Å². The van der Waals surface area contributed by atoms with Gasteiger partial charge in [0.1, 0.15) is 11.4 Å². The van der Waals surface area contributed by atoms with Crippen LogP contribution in [0.15, 0.2) is 30.3 Å². The fraction of sp³-hybridized carbons (Fsp3) is 0.519. The van der Waals surface area contributed by atoms with Crippen LogP contribution in [0, 0.1) is 17.5 Å². The number of halogens is 3.